The van der Waals surface area contributed by atoms with Gasteiger partial charge in [-0.2, -0.15) is 0 Å². The summed E-state index contributed by atoms with van der Waals surface area (Å²) in [4.78, 5) is 24.6. The lowest BCUT2D eigenvalue weighted by Crippen LogP contribution is -2.32. The summed E-state index contributed by atoms with van der Waals surface area (Å²) in [7, 11) is 0. The van der Waals surface area contributed by atoms with Crippen molar-refractivity contribution in [3.8, 4) is 0 Å². The minimum Gasteiger partial charge on any atom is -0.339 e. The lowest BCUT2D eigenvalue weighted by molar-refractivity contribution is -0.385. The Hall–Kier alpha value is -1.91. The number of carbonyl (C=O) groups excluding carboxylic acids is 1. The maximum Gasteiger partial charge on any atom is 0.273 e. The van der Waals surface area contributed by atoms with Crippen molar-refractivity contribution in [1.29, 1.82) is 0 Å². The molecule has 1 amide bonds. The second-order valence-corrected chi connectivity index (χ2v) is 4.45. The van der Waals surface area contributed by atoms with Crippen molar-refractivity contribution in [2.24, 2.45) is 0 Å². The van der Waals surface area contributed by atoms with Crippen LogP contribution in [0, 0.1) is 17.0 Å². The molecule has 5 nitrogen and oxygen atoms in total. The molecule has 0 fully saturated rings. The molecule has 1 aromatic rings. The molecular weight excluding hydrogens is 244 g/mol. The summed E-state index contributed by atoms with van der Waals surface area (Å²) >= 11 is 0. The van der Waals surface area contributed by atoms with E-state index in [9.17, 15) is 14.9 Å². The van der Waals surface area contributed by atoms with E-state index in [4.69, 9.17) is 0 Å². The molecule has 0 N–H and O–H groups in total. The van der Waals surface area contributed by atoms with Crippen LogP contribution in [0.5, 0.6) is 0 Å². The third-order valence-corrected chi connectivity index (χ3v) is 3.18. The molecule has 5 heteroatoms. The van der Waals surface area contributed by atoms with Gasteiger partial charge < -0.3 is 4.90 Å². The van der Waals surface area contributed by atoms with Gasteiger partial charge in [0, 0.05) is 30.3 Å². The lowest BCUT2D eigenvalue weighted by Gasteiger charge is -2.21. The summed E-state index contributed by atoms with van der Waals surface area (Å²) in [5.41, 5.74) is 0.858. The average molecular weight is 264 g/mol. The minimum atomic E-state index is -0.450. The molecule has 104 valence electrons. The fourth-order valence-electron chi connectivity index (χ4n) is 1.98. The number of unbranched alkanes of at least 4 members (excludes halogenated alkanes) is 1. The second kappa shape index (κ2) is 6.87. The minimum absolute atomic E-state index is 0.00241. The summed E-state index contributed by atoms with van der Waals surface area (Å²) in [5, 5.41) is 10.9. The molecule has 0 saturated carbocycles. The third kappa shape index (κ3) is 3.53. The van der Waals surface area contributed by atoms with Crippen LogP contribution in [0.15, 0.2) is 18.2 Å². The lowest BCUT2D eigenvalue weighted by atomic mass is 10.1. The third-order valence-electron chi connectivity index (χ3n) is 3.18. The first-order chi connectivity index (χ1) is 9.02. The monoisotopic (exact) mass is 264 g/mol. The van der Waals surface area contributed by atoms with Crippen molar-refractivity contribution in [3.05, 3.63) is 39.4 Å². The maximum atomic E-state index is 12.4. The molecule has 0 radical (unpaired) electrons. The number of hydrogen-bond acceptors (Lipinski definition) is 3. The Morgan fingerprint density at radius 3 is 2.58 bits per heavy atom. The normalized spacial score (nSPS) is 10.3. The van der Waals surface area contributed by atoms with Gasteiger partial charge in [0.1, 0.15) is 0 Å². The first kappa shape index (κ1) is 15.1. The second-order valence-electron chi connectivity index (χ2n) is 4.45. The van der Waals surface area contributed by atoms with Gasteiger partial charge >= 0.3 is 0 Å². The maximum absolute atomic E-state index is 12.4. The van der Waals surface area contributed by atoms with Gasteiger partial charge in [-0.25, -0.2) is 0 Å². The predicted molar refractivity (Wildman–Crippen MR) is 74.3 cm³/mol. The highest BCUT2D eigenvalue weighted by Gasteiger charge is 2.21. The fraction of sp³-hybridized carbons (Fsp3) is 0.500. The average Bonchev–Trinajstić information content (AvgIpc) is 2.39. The van der Waals surface area contributed by atoms with Crippen LogP contribution in [-0.4, -0.2) is 28.8 Å². The SMILES string of the molecule is CCCCN(CC)C(=O)c1cccc([N+](=O)[O-])c1C. The molecule has 0 aliphatic rings. The van der Waals surface area contributed by atoms with E-state index in [0.717, 1.165) is 12.8 Å². The number of carbonyl (C=O) groups is 1. The number of nitro benzene ring substituents is 1. The van der Waals surface area contributed by atoms with Gasteiger partial charge in [-0.15, -0.1) is 0 Å². The van der Waals surface area contributed by atoms with Gasteiger partial charge in [0.25, 0.3) is 11.6 Å². The summed E-state index contributed by atoms with van der Waals surface area (Å²) in [6.07, 6.45) is 1.95. The van der Waals surface area contributed by atoms with Crippen molar-refractivity contribution < 1.29 is 9.72 Å². The van der Waals surface area contributed by atoms with Crippen molar-refractivity contribution in [1.82, 2.24) is 4.90 Å². The Morgan fingerprint density at radius 1 is 1.37 bits per heavy atom. The van der Waals surface area contributed by atoms with Gasteiger partial charge in [-0.1, -0.05) is 19.4 Å². The summed E-state index contributed by atoms with van der Waals surface area (Å²) in [6.45, 7) is 6.91. The molecule has 0 aliphatic carbocycles. The molecule has 0 aliphatic heterocycles. The fourth-order valence-corrected chi connectivity index (χ4v) is 1.98. The van der Waals surface area contributed by atoms with E-state index in [1.165, 1.54) is 6.07 Å². The van der Waals surface area contributed by atoms with Crippen LogP contribution in [0.1, 0.15) is 42.6 Å². The van der Waals surface area contributed by atoms with Crippen LogP contribution in [0.3, 0.4) is 0 Å². The number of amides is 1. The first-order valence-electron chi connectivity index (χ1n) is 6.56. The standard InChI is InChI=1S/C14H20N2O3/c1-4-6-10-15(5-2)14(17)12-8-7-9-13(11(12)3)16(18)19/h7-9H,4-6,10H2,1-3H3. The zero-order valence-electron chi connectivity index (χ0n) is 11.7. The molecule has 0 spiro atoms. The van der Waals surface area contributed by atoms with Crippen LogP contribution in [-0.2, 0) is 0 Å². The Kier molecular flexibility index (Phi) is 5.48. The predicted octanol–water partition coefficient (Wildman–Crippen LogP) is 3.17. The number of benzene rings is 1. The number of rotatable bonds is 6. The molecule has 0 aromatic heterocycles. The molecule has 0 atom stereocenters. The van der Waals surface area contributed by atoms with Crippen LogP contribution < -0.4 is 0 Å². The zero-order chi connectivity index (χ0) is 14.4. The van der Waals surface area contributed by atoms with Gasteiger partial charge in [-0.3, -0.25) is 14.9 Å². The highest BCUT2D eigenvalue weighted by molar-refractivity contribution is 5.96. The van der Waals surface area contributed by atoms with E-state index in [0.29, 0.717) is 24.2 Å². The first-order valence-corrected chi connectivity index (χ1v) is 6.56. The van der Waals surface area contributed by atoms with E-state index in [2.05, 4.69) is 6.92 Å². The Labute approximate surface area is 113 Å². The topological polar surface area (TPSA) is 63.5 Å². The van der Waals surface area contributed by atoms with E-state index >= 15 is 0 Å². The van der Waals surface area contributed by atoms with Crippen molar-refractivity contribution in [2.45, 2.75) is 33.6 Å². The quantitative estimate of drug-likeness (QED) is 0.585. The summed E-state index contributed by atoms with van der Waals surface area (Å²) in [5.74, 6) is -0.128. The van der Waals surface area contributed by atoms with Crippen LogP contribution in [0.25, 0.3) is 0 Å². The number of nitrogens with zero attached hydrogens (tertiary/aromatic N) is 2. The van der Waals surface area contributed by atoms with Crippen molar-refractivity contribution >= 4 is 11.6 Å². The summed E-state index contributed by atoms with van der Waals surface area (Å²) in [6, 6.07) is 4.64. The van der Waals surface area contributed by atoms with Crippen molar-refractivity contribution in [2.75, 3.05) is 13.1 Å². The molecule has 0 heterocycles. The zero-order valence-corrected chi connectivity index (χ0v) is 11.7. The highest BCUT2D eigenvalue weighted by Crippen LogP contribution is 2.22. The van der Waals surface area contributed by atoms with Crippen LogP contribution >= 0.6 is 0 Å². The Balaban J connectivity index is 3.04. The smallest absolute Gasteiger partial charge is 0.273 e. The number of nitro groups is 1. The Morgan fingerprint density at radius 2 is 2.05 bits per heavy atom. The van der Waals surface area contributed by atoms with Crippen LogP contribution in [0.4, 0.5) is 5.69 Å². The van der Waals surface area contributed by atoms with E-state index in [-0.39, 0.29) is 11.6 Å². The molecule has 0 saturated heterocycles. The van der Waals surface area contributed by atoms with Crippen molar-refractivity contribution in [3.63, 3.8) is 0 Å². The van der Waals surface area contributed by atoms with Crippen LogP contribution in [0.2, 0.25) is 0 Å². The highest BCUT2D eigenvalue weighted by atomic mass is 16.6. The van der Waals surface area contributed by atoms with E-state index < -0.39 is 4.92 Å². The molecule has 0 unspecified atom stereocenters. The van der Waals surface area contributed by atoms with E-state index in [1.54, 1.807) is 24.0 Å². The summed E-state index contributed by atoms with van der Waals surface area (Å²) < 4.78 is 0. The molecule has 1 aromatic carbocycles. The van der Waals surface area contributed by atoms with E-state index in [1.807, 2.05) is 6.92 Å². The molecular formula is C14H20N2O3. The van der Waals surface area contributed by atoms with Gasteiger partial charge in [0.05, 0.1) is 4.92 Å². The number of hydrogen-bond donors (Lipinski definition) is 0. The molecule has 19 heavy (non-hydrogen) atoms. The Bertz CT molecular complexity index is 472. The largest absolute Gasteiger partial charge is 0.339 e. The van der Waals surface area contributed by atoms with Gasteiger partial charge in [-0.05, 0) is 26.3 Å². The molecule has 0 bridgehead atoms. The van der Waals surface area contributed by atoms with Gasteiger partial charge in [0.15, 0.2) is 0 Å². The van der Waals surface area contributed by atoms with Gasteiger partial charge in [0.2, 0.25) is 0 Å². The molecule has 1 rings (SSSR count).